The Labute approximate surface area is 123 Å². The normalized spacial score (nSPS) is 19.5. The molecule has 1 fully saturated rings. The lowest BCUT2D eigenvalue weighted by molar-refractivity contribution is -0.144. The molecule has 2 aromatic rings. The summed E-state index contributed by atoms with van der Waals surface area (Å²) in [4.78, 5) is 13.3. The van der Waals surface area contributed by atoms with Crippen LogP contribution in [0.2, 0.25) is 0 Å². The minimum absolute atomic E-state index is 0.402. The standard InChI is InChI=1S/C15H18N4O2/c20-15(21)14-8-4-5-9-18(14)10-12-11-19(17-16-12)13-6-2-1-3-7-13/h1-3,6-7,11,14H,4-5,8-10H2,(H,20,21)/t14-/m0/s1. The molecule has 2 heterocycles. The Morgan fingerprint density at radius 2 is 2.10 bits per heavy atom. The first-order valence-electron chi connectivity index (χ1n) is 7.17. The predicted octanol–water partition coefficient (Wildman–Crippen LogP) is 1.71. The van der Waals surface area contributed by atoms with E-state index in [9.17, 15) is 9.90 Å². The molecular weight excluding hydrogens is 268 g/mol. The van der Waals surface area contributed by atoms with Gasteiger partial charge in [-0.1, -0.05) is 29.8 Å². The zero-order valence-corrected chi connectivity index (χ0v) is 11.7. The highest BCUT2D eigenvalue weighted by atomic mass is 16.4. The van der Waals surface area contributed by atoms with Gasteiger partial charge in [-0.2, -0.15) is 0 Å². The van der Waals surface area contributed by atoms with Crippen LogP contribution in [0.4, 0.5) is 0 Å². The summed E-state index contributed by atoms with van der Waals surface area (Å²) >= 11 is 0. The summed E-state index contributed by atoms with van der Waals surface area (Å²) in [6.07, 6.45) is 4.59. The average molecular weight is 286 g/mol. The van der Waals surface area contributed by atoms with Crippen molar-refractivity contribution in [3.05, 3.63) is 42.2 Å². The first kappa shape index (κ1) is 13.8. The summed E-state index contributed by atoms with van der Waals surface area (Å²) in [5.74, 6) is -0.745. The number of likely N-dealkylation sites (tertiary alicyclic amines) is 1. The number of aromatic nitrogens is 3. The number of hydrogen-bond donors (Lipinski definition) is 1. The lowest BCUT2D eigenvalue weighted by Crippen LogP contribution is -2.44. The van der Waals surface area contributed by atoms with Crippen molar-refractivity contribution in [2.45, 2.75) is 31.8 Å². The first-order valence-corrected chi connectivity index (χ1v) is 7.17. The maximum Gasteiger partial charge on any atom is 0.320 e. The van der Waals surface area contributed by atoms with E-state index in [2.05, 4.69) is 10.3 Å². The average Bonchev–Trinajstić information content (AvgIpc) is 2.97. The van der Waals surface area contributed by atoms with Gasteiger partial charge in [0.05, 0.1) is 17.6 Å². The van der Waals surface area contributed by atoms with E-state index in [1.165, 1.54) is 0 Å². The van der Waals surface area contributed by atoms with Crippen LogP contribution in [-0.4, -0.2) is 43.6 Å². The lowest BCUT2D eigenvalue weighted by Gasteiger charge is -2.31. The van der Waals surface area contributed by atoms with Gasteiger partial charge < -0.3 is 5.11 Å². The lowest BCUT2D eigenvalue weighted by atomic mass is 10.0. The van der Waals surface area contributed by atoms with Gasteiger partial charge in [-0.05, 0) is 31.5 Å². The van der Waals surface area contributed by atoms with Gasteiger partial charge in [-0.3, -0.25) is 9.69 Å². The van der Waals surface area contributed by atoms with Crippen molar-refractivity contribution >= 4 is 5.97 Å². The summed E-state index contributed by atoms with van der Waals surface area (Å²) < 4.78 is 1.72. The topological polar surface area (TPSA) is 71.2 Å². The van der Waals surface area contributed by atoms with Gasteiger partial charge in [0, 0.05) is 6.54 Å². The summed E-state index contributed by atoms with van der Waals surface area (Å²) in [7, 11) is 0. The van der Waals surface area contributed by atoms with Crippen molar-refractivity contribution in [1.29, 1.82) is 0 Å². The van der Waals surface area contributed by atoms with Crippen molar-refractivity contribution in [3.63, 3.8) is 0 Å². The number of hydrogen-bond acceptors (Lipinski definition) is 4. The van der Waals surface area contributed by atoms with Crippen LogP contribution in [0.5, 0.6) is 0 Å². The molecule has 0 saturated carbocycles. The fourth-order valence-corrected chi connectivity index (χ4v) is 2.75. The molecule has 0 amide bonds. The molecule has 3 rings (SSSR count). The summed E-state index contributed by atoms with van der Waals surface area (Å²) in [6.45, 7) is 1.33. The maximum atomic E-state index is 11.3. The van der Waals surface area contributed by atoms with Gasteiger partial charge in [-0.25, -0.2) is 4.68 Å². The molecular formula is C15H18N4O2. The summed E-state index contributed by atoms with van der Waals surface area (Å²) in [5.41, 5.74) is 1.75. The zero-order chi connectivity index (χ0) is 14.7. The number of carbonyl (C=O) groups is 1. The van der Waals surface area contributed by atoms with Crippen molar-refractivity contribution in [2.24, 2.45) is 0 Å². The van der Waals surface area contributed by atoms with Crippen LogP contribution in [0.25, 0.3) is 5.69 Å². The fraction of sp³-hybridized carbons (Fsp3) is 0.400. The van der Waals surface area contributed by atoms with Crippen molar-refractivity contribution in [2.75, 3.05) is 6.54 Å². The molecule has 1 aliphatic heterocycles. The highest BCUT2D eigenvalue weighted by Crippen LogP contribution is 2.19. The van der Waals surface area contributed by atoms with Gasteiger partial charge in [-0.15, -0.1) is 5.10 Å². The molecule has 0 radical (unpaired) electrons. The molecule has 21 heavy (non-hydrogen) atoms. The van der Waals surface area contributed by atoms with E-state index in [1.54, 1.807) is 4.68 Å². The summed E-state index contributed by atoms with van der Waals surface area (Å²) in [6, 6.07) is 9.36. The molecule has 1 aliphatic rings. The minimum Gasteiger partial charge on any atom is -0.480 e. The van der Waals surface area contributed by atoms with Crippen LogP contribution in [0.1, 0.15) is 25.0 Å². The fourth-order valence-electron chi connectivity index (χ4n) is 2.75. The van der Waals surface area contributed by atoms with Crippen LogP contribution in [-0.2, 0) is 11.3 Å². The maximum absolute atomic E-state index is 11.3. The molecule has 1 saturated heterocycles. The molecule has 0 unspecified atom stereocenters. The predicted molar refractivity (Wildman–Crippen MR) is 77.0 cm³/mol. The second kappa shape index (κ2) is 6.05. The molecule has 6 nitrogen and oxygen atoms in total. The highest BCUT2D eigenvalue weighted by molar-refractivity contribution is 5.73. The number of piperidine rings is 1. The van der Waals surface area contributed by atoms with Crippen LogP contribution < -0.4 is 0 Å². The molecule has 0 bridgehead atoms. The third kappa shape index (κ3) is 3.11. The Kier molecular flexibility index (Phi) is 3.96. The molecule has 6 heteroatoms. The Morgan fingerprint density at radius 1 is 1.29 bits per heavy atom. The number of nitrogens with zero attached hydrogens (tertiary/aromatic N) is 4. The smallest absolute Gasteiger partial charge is 0.320 e. The molecule has 1 N–H and O–H groups in total. The summed E-state index contributed by atoms with van der Waals surface area (Å²) in [5, 5.41) is 17.6. The number of carboxylic acids is 1. The van der Waals surface area contributed by atoms with E-state index >= 15 is 0 Å². The van der Waals surface area contributed by atoms with E-state index in [0.717, 1.165) is 30.8 Å². The van der Waals surface area contributed by atoms with Crippen LogP contribution >= 0.6 is 0 Å². The number of para-hydroxylation sites is 1. The van der Waals surface area contributed by atoms with Gasteiger partial charge in [0.1, 0.15) is 6.04 Å². The Morgan fingerprint density at radius 3 is 2.86 bits per heavy atom. The molecule has 1 aromatic carbocycles. The van der Waals surface area contributed by atoms with E-state index < -0.39 is 12.0 Å². The first-order chi connectivity index (χ1) is 10.2. The largest absolute Gasteiger partial charge is 0.480 e. The molecule has 1 atom stereocenters. The monoisotopic (exact) mass is 286 g/mol. The van der Waals surface area contributed by atoms with Gasteiger partial charge >= 0.3 is 5.97 Å². The van der Waals surface area contributed by atoms with Crippen LogP contribution in [0, 0.1) is 0 Å². The molecule has 110 valence electrons. The van der Waals surface area contributed by atoms with Gasteiger partial charge in [0.25, 0.3) is 0 Å². The Balaban J connectivity index is 1.73. The quantitative estimate of drug-likeness (QED) is 0.926. The van der Waals surface area contributed by atoms with Gasteiger partial charge in [0.2, 0.25) is 0 Å². The Bertz CT molecular complexity index is 611. The second-order valence-electron chi connectivity index (χ2n) is 5.31. The number of benzene rings is 1. The van der Waals surface area contributed by atoms with Gasteiger partial charge in [0.15, 0.2) is 0 Å². The zero-order valence-electron chi connectivity index (χ0n) is 11.7. The van der Waals surface area contributed by atoms with Crippen molar-refractivity contribution in [3.8, 4) is 5.69 Å². The SMILES string of the molecule is O=C(O)[C@@H]1CCCCN1Cc1cn(-c2ccccc2)nn1. The number of carboxylic acid groups (broad SMARTS) is 1. The second-order valence-corrected chi connectivity index (χ2v) is 5.31. The van der Waals surface area contributed by atoms with Crippen molar-refractivity contribution in [1.82, 2.24) is 19.9 Å². The Hall–Kier alpha value is -2.21. The highest BCUT2D eigenvalue weighted by Gasteiger charge is 2.28. The third-order valence-corrected chi connectivity index (χ3v) is 3.83. The van der Waals surface area contributed by atoms with E-state index in [1.807, 2.05) is 41.4 Å². The van der Waals surface area contributed by atoms with E-state index in [4.69, 9.17) is 0 Å². The minimum atomic E-state index is -0.745. The van der Waals surface area contributed by atoms with Crippen LogP contribution in [0.3, 0.4) is 0 Å². The van der Waals surface area contributed by atoms with E-state index in [0.29, 0.717) is 13.0 Å². The van der Waals surface area contributed by atoms with E-state index in [-0.39, 0.29) is 0 Å². The van der Waals surface area contributed by atoms with Crippen molar-refractivity contribution < 1.29 is 9.90 Å². The number of aliphatic carboxylic acids is 1. The molecule has 0 spiro atoms. The number of rotatable bonds is 4. The third-order valence-electron chi connectivity index (χ3n) is 3.83. The molecule has 0 aliphatic carbocycles. The molecule has 1 aromatic heterocycles. The van der Waals surface area contributed by atoms with Crippen LogP contribution in [0.15, 0.2) is 36.5 Å².